The number of benzene rings is 2. The van der Waals surface area contributed by atoms with E-state index in [1.54, 1.807) is 37.3 Å². The number of primary amides is 1. The van der Waals surface area contributed by atoms with Gasteiger partial charge in [0.1, 0.15) is 12.4 Å². The van der Waals surface area contributed by atoms with Gasteiger partial charge in [-0.2, -0.15) is 0 Å². The fraction of sp³-hybridized carbons (Fsp3) is 0.393. The maximum Gasteiger partial charge on any atom is 0.319 e. The molecule has 3 unspecified atom stereocenters. The number of rotatable bonds is 12. The highest BCUT2D eigenvalue weighted by atomic mass is 32.3. The summed E-state index contributed by atoms with van der Waals surface area (Å²) >= 11 is 0. The molecule has 0 spiro atoms. The number of urea groups is 1. The molecular formula is C28H33N4O10S-. The number of carbonyl (C=O) groups excluding carboxylic acids is 5. The van der Waals surface area contributed by atoms with Gasteiger partial charge in [-0.1, -0.05) is 25.1 Å². The molecule has 1 aliphatic heterocycles. The molecule has 2 aromatic carbocycles. The van der Waals surface area contributed by atoms with E-state index in [1.807, 2.05) is 0 Å². The number of imide groups is 1. The molecule has 43 heavy (non-hydrogen) atoms. The second-order valence-corrected chi connectivity index (χ2v) is 12.0. The van der Waals surface area contributed by atoms with E-state index in [0.717, 1.165) is 4.90 Å². The maximum atomic E-state index is 13.5. The van der Waals surface area contributed by atoms with Crippen molar-refractivity contribution in [1.29, 1.82) is 0 Å². The highest BCUT2D eigenvalue weighted by molar-refractivity contribution is 7.81. The van der Waals surface area contributed by atoms with Gasteiger partial charge in [-0.3, -0.25) is 24.1 Å². The topological polar surface area (TPSA) is 214 Å². The van der Waals surface area contributed by atoms with Crippen molar-refractivity contribution in [3.05, 3.63) is 54.6 Å². The average Bonchev–Trinajstić information content (AvgIpc) is 3.14. The molecule has 4 N–H and O–H groups in total. The Balaban J connectivity index is 1.58. The molecule has 0 bridgehead atoms. The summed E-state index contributed by atoms with van der Waals surface area (Å²) in [6.45, 7) is 5.77. The van der Waals surface area contributed by atoms with Crippen molar-refractivity contribution < 1.29 is 45.9 Å². The molecule has 3 rings (SSSR count). The van der Waals surface area contributed by atoms with E-state index < -0.39 is 62.8 Å². The average molecular weight is 618 g/mol. The minimum Gasteiger partial charge on any atom is -0.716 e. The van der Waals surface area contributed by atoms with Crippen molar-refractivity contribution in [3.8, 4) is 5.75 Å². The largest absolute Gasteiger partial charge is 0.716 e. The van der Waals surface area contributed by atoms with Gasteiger partial charge >= 0.3 is 12.0 Å². The van der Waals surface area contributed by atoms with Crippen molar-refractivity contribution in [1.82, 2.24) is 5.32 Å². The first-order valence-corrected chi connectivity index (χ1v) is 14.5. The summed E-state index contributed by atoms with van der Waals surface area (Å²) in [7, 11) is -4.93. The lowest BCUT2D eigenvalue weighted by molar-refractivity contribution is -0.158. The monoisotopic (exact) mass is 617 g/mol. The number of carbonyl (C=O) groups is 5. The van der Waals surface area contributed by atoms with Gasteiger partial charge in [0.05, 0.1) is 29.0 Å². The van der Waals surface area contributed by atoms with Crippen LogP contribution in [-0.4, -0.2) is 55.8 Å². The third-order valence-corrected chi connectivity index (χ3v) is 7.55. The van der Waals surface area contributed by atoms with Crippen molar-refractivity contribution in [2.24, 2.45) is 28.4 Å². The van der Waals surface area contributed by atoms with Crippen molar-refractivity contribution in [2.45, 2.75) is 34.1 Å². The number of nitrogens with zero attached hydrogens (tertiary/aromatic N) is 1. The Morgan fingerprint density at radius 2 is 1.60 bits per heavy atom. The highest BCUT2D eigenvalue weighted by Gasteiger charge is 2.58. The molecular weight excluding hydrogens is 584 g/mol. The molecule has 5 amide bonds. The Kier molecular flexibility index (Phi) is 9.82. The number of hydrogen-bond donors (Lipinski definition) is 3. The van der Waals surface area contributed by atoms with Gasteiger partial charge in [0, 0.05) is 11.6 Å². The Labute approximate surface area is 248 Å². The lowest BCUT2D eigenvalue weighted by atomic mass is 9.63. The van der Waals surface area contributed by atoms with Gasteiger partial charge in [0.15, 0.2) is 0 Å². The predicted molar refractivity (Wildman–Crippen MR) is 152 cm³/mol. The minimum atomic E-state index is -4.93. The van der Waals surface area contributed by atoms with E-state index in [4.69, 9.17) is 10.5 Å². The maximum absolute atomic E-state index is 13.5. The summed E-state index contributed by atoms with van der Waals surface area (Å²) in [5.41, 5.74) is 3.54. The van der Waals surface area contributed by atoms with Gasteiger partial charge in [-0.15, -0.1) is 0 Å². The Hall–Kier alpha value is -4.50. The van der Waals surface area contributed by atoms with Gasteiger partial charge in [0.25, 0.3) is 10.4 Å². The van der Waals surface area contributed by atoms with Crippen LogP contribution in [0.4, 0.5) is 16.2 Å². The summed E-state index contributed by atoms with van der Waals surface area (Å²) in [4.78, 5) is 65.6. The first-order chi connectivity index (χ1) is 20.0. The van der Waals surface area contributed by atoms with Crippen LogP contribution < -0.4 is 25.5 Å². The quantitative estimate of drug-likeness (QED) is 0.103. The first-order valence-electron chi connectivity index (χ1n) is 13.2. The van der Waals surface area contributed by atoms with Crippen LogP contribution in [-0.2, 0) is 34.3 Å². The SMILES string of the molecule is CC1C(=O)N(c2ccccc2)C(=O)C1C(C)(CC(C)(C)C(=O)OCCNC(=O)Nc1ccc(OS(=O)(=O)[O-])cc1)C(N)=O. The van der Waals surface area contributed by atoms with Crippen molar-refractivity contribution in [3.63, 3.8) is 0 Å². The third kappa shape index (κ3) is 7.87. The summed E-state index contributed by atoms with van der Waals surface area (Å²) < 4.78 is 41.4. The zero-order valence-corrected chi connectivity index (χ0v) is 24.8. The number of esters is 1. The Morgan fingerprint density at radius 3 is 2.16 bits per heavy atom. The Bertz CT molecular complexity index is 1500. The summed E-state index contributed by atoms with van der Waals surface area (Å²) in [5.74, 6) is -4.82. The molecule has 14 nitrogen and oxygen atoms in total. The lowest BCUT2D eigenvalue weighted by Crippen LogP contribution is -2.49. The summed E-state index contributed by atoms with van der Waals surface area (Å²) in [5, 5.41) is 4.94. The van der Waals surface area contributed by atoms with Crippen molar-refractivity contribution >= 4 is 51.5 Å². The molecule has 1 aliphatic rings. The van der Waals surface area contributed by atoms with Gasteiger partial charge < -0.3 is 29.8 Å². The zero-order valence-electron chi connectivity index (χ0n) is 24.0. The molecule has 1 saturated heterocycles. The number of para-hydroxylation sites is 1. The normalized spacial score (nSPS) is 18.5. The smallest absolute Gasteiger partial charge is 0.319 e. The molecule has 0 radical (unpaired) electrons. The molecule has 232 valence electrons. The van der Waals surface area contributed by atoms with Gasteiger partial charge in [-0.25, -0.2) is 13.2 Å². The predicted octanol–water partition coefficient (Wildman–Crippen LogP) is 1.92. The molecule has 2 aromatic rings. The fourth-order valence-electron chi connectivity index (χ4n) is 5.19. The van der Waals surface area contributed by atoms with Crippen LogP contribution in [0.15, 0.2) is 54.6 Å². The van der Waals surface area contributed by atoms with Crippen LogP contribution in [0.3, 0.4) is 0 Å². The molecule has 0 aromatic heterocycles. The van der Waals surface area contributed by atoms with Crippen LogP contribution in [0, 0.1) is 22.7 Å². The minimum absolute atomic E-state index is 0.0883. The highest BCUT2D eigenvalue weighted by Crippen LogP contribution is 2.47. The standard InChI is InChI=1S/C28H34N4O10S/c1-17-21(23(34)32(22(17)33)19-8-6-5-7-9-19)28(4,24(29)35)16-27(2,3)25(36)41-15-14-30-26(37)31-18-10-12-20(13-11-18)42-43(38,39)40/h5-13,17,21H,14-16H2,1-4H3,(H2,29,35)(H2,30,31,37)(H,38,39,40)/p-1. The number of anilines is 2. The van der Waals surface area contributed by atoms with Crippen LogP contribution >= 0.6 is 0 Å². The van der Waals surface area contributed by atoms with E-state index >= 15 is 0 Å². The van der Waals surface area contributed by atoms with Crippen molar-refractivity contribution in [2.75, 3.05) is 23.4 Å². The number of ether oxygens (including phenoxy) is 1. The van der Waals surface area contributed by atoms with Crippen LogP contribution in [0.1, 0.15) is 34.1 Å². The summed E-state index contributed by atoms with van der Waals surface area (Å²) in [6, 6.07) is 12.6. The molecule has 1 fully saturated rings. The lowest BCUT2D eigenvalue weighted by Gasteiger charge is -2.38. The molecule has 0 aliphatic carbocycles. The second-order valence-electron chi connectivity index (χ2n) is 11.0. The third-order valence-electron chi connectivity index (χ3n) is 7.15. The van der Waals surface area contributed by atoms with E-state index in [-0.39, 0.29) is 31.0 Å². The molecule has 15 heteroatoms. The van der Waals surface area contributed by atoms with E-state index in [1.165, 1.54) is 45.0 Å². The number of amides is 5. The van der Waals surface area contributed by atoms with Crippen LogP contribution in [0.25, 0.3) is 0 Å². The zero-order chi connectivity index (χ0) is 32.2. The number of hydrogen-bond acceptors (Lipinski definition) is 10. The van der Waals surface area contributed by atoms with E-state index in [0.29, 0.717) is 5.69 Å². The van der Waals surface area contributed by atoms with E-state index in [2.05, 4.69) is 14.8 Å². The van der Waals surface area contributed by atoms with Gasteiger partial charge in [-0.05, 0) is 63.6 Å². The number of nitrogens with one attached hydrogen (secondary N) is 2. The summed E-state index contributed by atoms with van der Waals surface area (Å²) in [6.07, 6.45) is -0.188. The first kappa shape index (κ1) is 33.0. The number of nitrogens with two attached hydrogens (primary N) is 1. The van der Waals surface area contributed by atoms with E-state index in [9.17, 15) is 36.9 Å². The Morgan fingerprint density at radius 1 is 1.00 bits per heavy atom. The van der Waals surface area contributed by atoms with Crippen LogP contribution in [0.2, 0.25) is 0 Å². The molecule has 1 heterocycles. The van der Waals surface area contributed by atoms with Gasteiger partial charge in [0.2, 0.25) is 17.7 Å². The fourth-order valence-corrected chi connectivity index (χ4v) is 5.54. The second kappa shape index (κ2) is 12.8. The molecule has 3 atom stereocenters. The molecule has 0 saturated carbocycles. The van der Waals surface area contributed by atoms with Crippen LogP contribution in [0.5, 0.6) is 5.75 Å².